The predicted molar refractivity (Wildman–Crippen MR) is 128 cm³/mol. The van der Waals surface area contributed by atoms with Gasteiger partial charge in [-0.1, -0.05) is 12.1 Å². The average molecular weight is 481 g/mol. The number of carboxylic acids is 1. The molecule has 0 fully saturated rings. The number of pyridine rings is 1. The second-order valence-electron chi connectivity index (χ2n) is 7.55. The fraction of sp³-hybridized carbons (Fsp3) is 0.364. The molecular weight excluding hydrogens is 453 g/mol. The van der Waals surface area contributed by atoms with Gasteiger partial charge in [0, 0.05) is 30.8 Å². The number of hydrogen-bond acceptors (Lipinski definition) is 7. The van der Waals surface area contributed by atoms with Gasteiger partial charge in [-0.2, -0.15) is 0 Å². The molecule has 0 spiro atoms. The Balaban J connectivity index is 0.00000578. The van der Waals surface area contributed by atoms with Crippen LogP contribution in [0.5, 0.6) is 0 Å². The van der Waals surface area contributed by atoms with Gasteiger partial charge in [-0.3, -0.25) is 24.5 Å². The first-order valence-corrected chi connectivity index (χ1v) is 10.3. The zero-order chi connectivity index (χ0) is 24.4. The van der Waals surface area contributed by atoms with Crippen molar-refractivity contribution in [2.24, 2.45) is 0 Å². The van der Waals surface area contributed by atoms with Crippen LogP contribution in [0.15, 0.2) is 36.5 Å². The summed E-state index contributed by atoms with van der Waals surface area (Å²) in [5.74, 6) is -1.39. The fourth-order valence-electron chi connectivity index (χ4n) is 3.08. The number of rotatable bonds is 12. The van der Waals surface area contributed by atoms with E-state index in [-0.39, 0.29) is 54.1 Å². The van der Waals surface area contributed by atoms with Gasteiger partial charge in [-0.25, -0.2) is 4.98 Å². The Hall–Kier alpha value is -3.02. The minimum atomic E-state index is -1.18. The van der Waals surface area contributed by atoms with E-state index in [0.717, 1.165) is 11.4 Å². The molecule has 0 aliphatic rings. The molecule has 1 heterocycles. The molecule has 178 valence electrons. The Bertz CT molecular complexity index is 1030. The Labute approximate surface area is 219 Å². The number of aryl methyl sites for hydroxylation is 2. The number of aliphatic carboxylic acids is 1. The fourth-order valence-corrected chi connectivity index (χ4v) is 3.08. The number of nitro benzene ring substituents is 1. The first-order chi connectivity index (χ1) is 15.7. The van der Waals surface area contributed by atoms with Gasteiger partial charge in [-0.05, 0) is 43.5 Å². The average Bonchev–Trinajstić information content (AvgIpc) is 2.75. The van der Waals surface area contributed by atoms with Gasteiger partial charge < -0.3 is 21.1 Å². The van der Waals surface area contributed by atoms with E-state index in [2.05, 4.69) is 20.9 Å². The van der Waals surface area contributed by atoms with E-state index in [4.69, 9.17) is 5.11 Å². The summed E-state index contributed by atoms with van der Waals surface area (Å²) >= 11 is 0. The van der Waals surface area contributed by atoms with E-state index in [0.29, 0.717) is 24.1 Å². The van der Waals surface area contributed by atoms with Crippen molar-refractivity contribution in [1.82, 2.24) is 15.6 Å². The molecule has 11 nitrogen and oxygen atoms in total. The summed E-state index contributed by atoms with van der Waals surface area (Å²) in [4.78, 5) is 50.3. The number of benzene rings is 1. The summed E-state index contributed by atoms with van der Waals surface area (Å²) in [5.41, 5.74) is 1.62. The van der Waals surface area contributed by atoms with Crippen molar-refractivity contribution in [2.75, 3.05) is 18.4 Å². The monoisotopic (exact) mass is 481 g/mol. The molecule has 4 N–H and O–H groups in total. The van der Waals surface area contributed by atoms with Crippen LogP contribution in [0.4, 0.5) is 11.5 Å². The van der Waals surface area contributed by atoms with E-state index < -0.39 is 29.3 Å². The van der Waals surface area contributed by atoms with Crippen molar-refractivity contribution in [2.45, 2.75) is 39.2 Å². The number of carbonyl (C=O) groups is 3. The van der Waals surface area contributed by atoms with Crippen LogP contribution in [0.2, 0.25) is 0 Å². The normalized spacial score (nSPS) is 11.0. The number of amides is 2. The number of nitro groups is 1. The van der Waals surface area contributed by atoms with Crippen LogP contribution in [0.25, 0.3) is 0 Å². The standard InChI is InChI=1S/C22H27N5O6.Na.H/c1-14-7-9-24-19(10-14)23-8-3-4-20(28)25-13-21(29)26-17(12-22(30)31)16-6-5-15(2)18(11-16)27(32)33;;/h5-7,9-11,17H,3-4,8,12-13H2,1-2H3,(H,23,24)(H,25,28)(H,26,29)(H,30,31);;. The van der Waals surface area contributed by atoms with Crippen LogP contribution in [0, 0.1) is 24.0 Å². The molecule has 34 heavy (non-hydrogen) atoms. The van der Waals surface area contributed by atoms with E-state index >= 15 is 0 Å². The predicted octanol–water partition coefficient (Wildman–Crippen LogP) is 1.60. The molecule has 12 heteroatoms. The van der Waals surface area contributed by atoms with Crippen molar-refractivity contribution in [1.29, 1.82) is 0 Å². The first-order valence-electron chi connectivity index (χ1n) is 10.3. The van der Waals surface area contributed by atoms with Gasteiger partial charge in [0.05, 0.1) is 23.9 Å². The molecule has 0 bridgehead atoms. The summed E-state index contributed by atoms with van der Waals surface area (Å²) in [6.07, 6.45) is 1.94. The maximum atomic E-state index is 12.3. The van der Waals surface area contributed by atoms with Crippen LogP contribution < -0.4 is 16.0 Å². The van der Waals surface area contributed by atoms with E-state index in [1.165, 1.54) is 18.2 Å². The summed E-state index contributed by atoms with van der Waals surface area (Å²) in [5, 5.41) is 28.5. The van der Waals surface area contributed by atoms with Crippen LogP contribution in [0.1, 0.15) is 42.0 Å². The molecule has 1 unspecified atom stereocenters. The number of carboxylic acid groups (broad SMARTS) is 1. The van der Waals surface area contributed by atoms with E-state index in [1.54, 1.807) is 13.1 Å². The molecule has 1 aromatic carbocycles. The van der Waals surface area contributed by atoms with Gasteiger partial charge in [0.25, 0.3) is 5.69 Å². The molecule has 2 aromatic rings. The summed E-state index contributed by atoms with van der Waals surface area (Å²) in [7, 11) is 0. The van der Waals surface area contributed by atoms with Gasteiger partial charge in [0.2, 0.25) is 11.8 Å². The van der Waals surface area contributed by atoms with Gasteiger partial charge in [-0.15, -0.1) is 0 Å². The molecule has 0 aliphatic heterocycles. The first kappa shape index (κ1) is 29.0. The summed E-state index contributed by atoms with van der Waals surface area (Å²) < 4.78 is 0. The Morgan fingerprint density at radius 2 is 1.88 bits per heavy atom. The van der Waals surface area contributed by atoms with Crippen LogP contribution in [0.3, 0.4) is 0 Å². The molecule has 0 radical (unpaired) electrons. The molecular formula is C22H28N5NaO6. The SMILES string of the molecule is Cc1ccnc(NCCCC(=O)NCC(=O)NC(CC(=O)O)c2ccc(C)c([N+](=O)[O-])c2)c1.[NaH]. The van der Waals surface area contributed by atoms with Gasteiger partial charge >= 0.3 is 35.5 Å². The second-order valence-corrected chi connectivity index (χ2v) is 7.55. The number of hydrogen-bond donors (Lipinski definition) is 4. The molecule has 1 aromatic heterocycles. The third-order valence-corrected chi connectivity index (χ3v) is 4.79. The number of nitrogens with zero attached hydrogens (tertiary/aromatic N) is 2. The van der Waals surface area contributed by atoms with Gasteiger partial charge in [0.15, 0.2) is 0 Å². The van der Waals surface area contributed by atoms with E-state index in [9.17, 15) is 24.5 Å². The number of aromatic nitrogens is 1. The van der Waals surface area contributed by atoms with Crippen molar-refractivity contribution in [3.8, 4) is 0 Å². The van der Waals surface area contributed by atoms with Crippen LogP contribution in [-0.4, -0.2) is 75.4 Å². The minimum absolute atomic E-state index is 0. The van der Waals surface area contributed by atoms with E-state index in [1.807, 2.05) is 19.1 Å². The quantitative estimate of drug-likeness (QED) is 0.154. The van der Waals surface area contributed by atoms with Crippen molar-refractivity contribution >= 4 is 58.8 Å². The topological polar surface area (TPSA) is 164 Å². The second kappa shape index (κ2) is 14.3. The third-order valence-electron chi connectivity index (χ3n) is 4.79. The molecule has 1 atom stereocenters. The number of carbonyl (C=O) groups excluding carboxylic acids is 2. The van der Waals surface area contributed by atoms with Crippen molar-refractivity contribution < 1.29 is 24.4 Å². The zero-order valence-corrected chi connectivity index (χ0v) is 18.5. The Kier molecular flexibility index (Phi) is 12.2. The van der Waals surface area contributed by atoms with Crippen molar-refractivity contribution in [3.05, 3.63) is 63.3 Å². The number of nitrogens with one attached hydrogen (secondary N) is 3. The summed E-state index contributed by atoms with van der Waals surface area (Å²) in [6, 6.07) is 7.07. The molecule has 2 amide bonds. The van der Waals surface area contributed by atoms with Gasteiger partial charge in [0.1, 0.15) is 5.82 Å². The van der Waals surface area contributed by atoms with Crippen LogP contribution in [-0.2, 0) is 14.4 Å². The maximum absolute atomic E-state index is 12.3. The molecule has 0 saturated heterocycles. The zero-order valence-electron chi connectivity index (χ0n) is 18.5. The third kappa shape index (κ3) is 9.86. The molecule has 2 rings (SSSR count). The Morgan fingerprint density at radius 1 is 1.15 bits per heavy atom. The summed E-state index contributed by atoms with van der Waals surface area (Å²) in [6.45, 7) is 3.71. The Morgan fingerprint density at radius 3 is 2.53 bits per heavy atom. The van der Waals surface area contributed by atoms with Crippen molar-refractivity contribution in [3.63, 3.8) is 0 Å². The molecule has 0 saturated carbocycles. The molecule has 0 aliphatic carbocycles. The number of anilines is 1. The van der Waals surface area contributed by atoms with Crippen LogP contribution >= 0.6 is 0 Å².